The van der Waals surface area contributed by atoms with Crippen LogP contribution in [0.25, 0.3) is 33.2 Å². The van der Waals surface area contributed by atoms with Crippen LogP contribution in [0.3, 0.4) is 0 Å². The second-order valence-electron chi connectivity index (χ2n) is 8.98. The lowest BCUT2D eigenvalue weighted by Gasteiger charge is -2.24. The van der Waals surface area contributed by atoms with Crippen molar-refractivity contribution in [3.05, 3.63) is 121 Å². The van der Waals surface area contributed by atoms with Crippen LogP contribution in [-0.4, -0.2) is 19.1 Å². The fourth-order valence-electron chi connectivity index (χ4n) is 4.39. The van der Waals surface area contributed by atoms with Gasteiger partial charge in [0.2, 0.25) is 0 Å². The lowest BCUT2D eigenvalue weighted by Crippen LogP contribution is -2.23. The topological polar surface area (TPSA) is 35.6 Å². The van der Waals surface area contributed by atoms with Crippen molar-refractivity contribution in [2.24, 2.45) is 0 Å². The first-order valence-corrected chi connectivity index (χ1v) is 11.2. The number of aromatic nitrogens is 4. The number of pyridine rings is 2. The quantitative estimate of drug-likeness (QED) is 0.314. The Hall–Kier alpha value is -4.18. The van der Waals surface area contributed by atoms with Gasteiger partial charge in [-0.25, -0.2) is 9.97 Å². The van der Waals surface area contributed by atoms with Crippen molar-refractivity contribution in [3.63, 3.8) is 0 Å². The van der Waals surface area contributed by atoms with Crippen molar-refractivity contribution in [3.8, 4) is 11.6 Å². The summed E-state index contributed by atoms with van der Waals surface area (Å²) in [7, 11) is 0. The molecule has 160 valence electrons. The zero-order chi connectivity index (χ0) is 22.4. The standard InChI is InChI=1S/C29H24N4/c1-29(2,25-13-7-15-27(30-25)32-17-21-9-3-4-10-22(21)18-32)26-14-8-16-28(31-26)33-19-23-11-5-6-12-24(23)20-33/h3-20H,1-2H3. The summed E-state index contributed by atoms with van der Waals surface area (Å²) in [5, 5.41) is 4.82. The minimum atomic E-state index is -0.356. The number of hydrogen-bond donors (Lipinski definition) is 0. The molecule has 6 aromatic rings. The second-order valence-corrected chi connectivity index (χ2v) is 8.98. The molecule has 4 heteroatoms. The van der Waals surface area contributed by atoms with Gasteiger partial charge in [-0.15, -0.1) is 0 Å². The number of fused-ring (bicyclic) bond motifs is 2. The highest BCUT2D eigenvalue weighted by Gasteiger charge is 2.27. The highest BCUT2D eigenvalue weighted by molar-refractivity contribution is 5.83. The van der Waals surface area contributed by atoms with E-state index in [9.17, 15) is 0 Å². The van der Waals surface area contributed by atoms with E-state index in [0.29, 0.717) is 0 Å². The molecule has 0 atom stereocenters. The second kappa shape index (κ2) is 7.45. The maximum absolute atomic E-state index is 5.04. The summed E-state index contributed by atoms with van der Waals surface area (Å²) in [4.78, 5) is 10.1. The normalized spacial score (nSPS) is 11.9. The van der Waals surface area contributed by atoms with Crippen LogP contribution in [-0.2, 0) is 5.41 Å². The third kappa shape index (κ3) is 3.40. The van der Waals surface area contributed by atoms with Gasteiger partial charge in [-0.3, -0.25) is 0 Å². The van der Waals surface area contributed by atoms with E-state index >= 15 is 0 Å². The van der Waals surface area contributed by atoms with E-state index in [1.165, 1.54) is 21.5 Å². The molecule has 2 aromatic carbocycles. The van der Waals surface area contributed by atoms with Crippen molar-refractivity contribution in [2.75, 3.05) is 0 Å². The zero-order valence-corrected chi connectivity index (χ0v) is 18.7. The van der Waals surface area contributed by atoms with E-state index in [0.717, 1.165) is 23.0 Å². The molecule has 4 nitrogen and oxygen atoms in total. The van der Waals surface area contributed by atoms with Crippen molar-refractivity contribution >= 4 is 21.5 Å². The van der Waals surface area contributed by atoms with Gasteiger partial charge in [0.15, 0.2) is 0 Å². The Kier molecular flexibility index (Phi) is 4.40. The molecule has 6 rings (SSSR count). The summed E-state index contributed by atoms with van der Waals surface area (Å²) >= 11 is 0. The minimum Gasteiger partial charge on any atom is -0.307 e. The molecular weight excluding hydrogens is 404 g/mol. The number of hydrogen-bond acceptors (Lipinski definition) is 2. The molecule has 0 saturated carbocycles. The maximum atomic E-state index is 5.04. The van der Waals surface area contributed by atoms with Crippen molar-refractivity contribution in [2.45, 2.75) is 19.3 Å². The summed E-state index contributed by atoms with van der Waals surface area (Å²) in [5.41, 5.74) is 1.62. The van der Waals surface area contributed by atoms with Crippen molar-refractivity contribution < 1.29 is 0 Å². The van der Waals surface area contributed by atoms with Gasteiger partial charge in [0.1, 0.15) is 11.6 Å². The summed E-state index contributed by atoms with van der Waals surface area (Å²) in [6.45, 7) is 4.37. The first kappa shape index (κ1) is 19.5. The predicted molar refractivity (Wildman–Crippen MR) is 134 cm³/mol. The molecule has 4 heterocycles. The molecule has 4 aromatic heterocycles. The summed E-state index contributed by atoms with van der Waals surface area (Å²) in [6, 6.07) is 29.2. The summed E-state index contributed by atoms with van der Waals surface area (Å²) in [6.07, 6.45) is 8.52. The zero-order valence-electron chi connectivity index (χ0n) is 18.7. The average molecular weight is 429 g/mol. The lowest BCUT2D eigenvalue weighted by molar-refractivity contribution is 0.591. The molecule has 0 radical (unpaired) electrons. The van der Waals surface area contributed by atoms with Crippen LogP contribution in [0.2, 0.25) is 0 Å². The largest absolute Gasteiger partial charge is 0.307 e. The maximum Gasteiger partial charge on any atom is 0.136 e. The molecule has 0 fully saturated rings. The Bertz CT molecular complexity index is 1420. The molecular formula is C29H24N4. The van der Waals surface area contributed by atoms with Gasteiger partial charge in [0.25, 0.3) is 0 Å². The molecule has 0 N–H and O–H groups in total. The molecule has 33 heavy (non-hydrogen) atoms. The van der Waals surface area contributed by atoms with Crippen LogP contribution in [0, 0.1) is 0 Å². The average Bonchev–Trinajstić information content (AvgIpc) is 3.49. The Balaban J connectivity index is 1.39. The minimum absolute atomic E-state index is 0.356. The molecule has 0 aliphatic heterocycles. The predicted octanol–water partition coefficient (Wildman–Crippen LogP) is 6.69. The monoisotopic (exact) mass is 428 g/mol. The van der Waals surface area contributed by atoms with Crippen LogP contribution in [0.4, 0.5) is 0 Å². The molecule has 0 saturated heterocycles. The SMILES string of the molecule is CC(C)(c1cccc(-n2cc3ccccc3c2)n1)c1cccc(-n2cc3ccccc3c2)n1. The molecule has 0 bridgehead atoms. The number of benzene rings is 2. The van der Waals surface area contributed by atoms with Gasteiger partial charge in [-0.1, -0.05) is 60.7 Å². The van der Waals surface area contributed by atoms with Gasteiger partial charge in [0.05, 0.1) is 11.4 Å². The Morgan fingerprint density at radius 3 is 1.21 bits per heavy atom. The van der Waals surface area contributed by atoms with E-state index in [-0.39, 0.29) is 5.41 Å². The summed E-state index contributed by atoms with van der Waals surface area (Å²) in [5.74, 6) is 1.81. The fourth-order valence-corrected chi connectivity index (χ4v) is 4.39. The number of nitrogens with zero attached hydrogens (tertiary/aromatic N) is 4. The van der Waals surface area contributed by atoms with E-state index in [4.69, 9.17) is 9.97 Å². The smallest absolute Gasteiger partial charge is 0.136 e. The Labute approximate surface area is 192 Å². The highest BCUT2D eigenvalue weighted by atomic mass is 15.1. The summed E-state index contributed by atoms with van der Waals surface area (Å²) < 4.78 is 4.19. The molecule has 0 amide bonds. The highest BCUT2D eigenvalue weighted by Crippen LogP contribution is 2.30. The van der Waals surface area contributed by atoms with Gasteiger partial charge < -0.3 is 9.13 Å². The number of rotatable bonds is 4. The first-order valence-electron chi connectivity index (χ1n) is 11.2. The van der Waals surface area contributed by atoms with E-state index < -0.39 is 0 Å². The van der Waals surface area contributed by atoms with Gasteiger partial charge >= 0.3 is 0 Å². The van der Waals surface area contributed by atoms with Crippen LogP contribution in [0.5, 0.6) is 0 Å². The van der Waals surface area contributed by atoms with E-state index in [1.54, 1.807) is 0 Å². The third-order valence-corrected chi connectivity index (χ3v) is 6.38. The molecule has 0 unspecified atom stereocenters. The first-order chi connectivity index (χ1) is 16.1. The Morgan fingerprint density at radius 1 is 0.485 bits per heavy atom. The van der Waals surface area contributed by atoms with Crippen LogP contribution < -0.4 is 0 Å². The molecule has 0 spiro atoms. The van der Waals surface area contributed by atoms with Crippen molar-refractivity contribution in [1.29, 1.82) is 0 Å². The lowest BCUT2D eigenvalue weighted by atomic mass is 9.84. The Morgan fingerprint density at radius 2 is 0.848 bits per heavy atom. The van der Waals surface area contributed by atoms with E-state index in [2.05, 4.69) is 121 Å². The molecule has 0 aliphatic rings. The van der Waals surface area contributed by atoms with Gasteiger partial charge in [0, 0.05) is 30.2 Å². The third-order valence-electron chi connectivity index (χ3n) is 6.38. The van der Waals surface area contributed by atoms with Crippen molar-refractivity contribution in [1.82, 2.24) is 19.1 Å². The van der Waals surface area contributed by atoms with Crippen LogP contribution >= 0.6 is 0 Å². The van der Waals surface area contributed by atoms with Gasteiger partial charge in [-0.05, 0) is 59.7 Å². The van der Waals surface area contributed by atoms with Crippen LogP contribution in [0.15, 0.2) is 110 Å². The fraction of sp³-hybridized carbons (Fsp3) is 0.103. The van der Waals surface area contributed by atoms with E-state index in [1.807, 2.05) is 12.1 Å². The van der Waals surface area contributed by atoms with Crippen LogP contribution in [0.1, 0.15) is 25.2 Å². The van der Waals surface area contributed by atoms with Gasteiger partial charge in [-0.2, -0.15) is 0 Å². The molecule has 0 aliphatic carbocycles.